The molecule has 0 saturated heterocycles. The Balaban J connectivity index is 2.46. The standard InChI is InChI=1S/C17H33N3O/c1-18(12-13-19(2,3)4)16-8-10-17(11-9-16)21-15-14-20(5,6)7/h8-11H,12-15H2,1-7H3/q+2. The van der Waals surface area contributed by atoms with Crippen molar-refractivity contribution in [3.63, 3.8) is 0 Å². The highest BCUT2D eigenvalue weighted by Crippen LogP contribution is 2.18. The van der Waals surface area contributed by atoms with Crippen LogP contribution in [0.5, 0.6) is 5.75 Å². The van der Waals surface area contributed by atoms with Gasteiger partial charge in [0, 0.05) is 12.7 Å². The van der Waals surface area contributed by atoms with E-state index in [4.69, 9.17) is 4.74 Å². The Hall–Kier alpha value is -1.26. The molecule has 0 heterocycles. The van der Waals surface area contributed by atoms with Gasteiger partial charge in [0.2, 0.25) is 0 Å². The maximum atomic E-state index is 5.79. The molecule has 4 heteroatoms. The molecule has 0 amide bonds. The lowest BCUT2D eigenvalue weighted by molar-refractivity contribution is -0.870. The van der Waals surface area contributed by atoms with Crippen molar-refractivity contribution in [2.75, 3.05) is 80.5 Å². The minimum Gasteiger partial charge on any atom is -0.488 e. The van der Waals surface area contributed by atoms with E-state index in [1.807, 2.05) is 0 Å². The Kier molecular flexibility index (Phi) is 6.05. The molecule has 0 saturated carbocycles. The van der Waals surface area contributed by atoms with Gasteiger partial charge in [0.25, 0.3) is 0 Å². The summed E-state index contributed by atoms with van der Waals surface area (Å²) in [4.78, 5) is 2.29. The Morgan fingerprint density at radius 2 is 1.38 bits per heavy atom. The van der Waals surface area contributed by atoms with Crippen LogP contribution in [0.25, 0.3) is 0 Å². The number of hydrogen-bond donors (Lipinski definition) is 0. The molecular formula is C17H33N3O+2. The van der Waals surface area contributed by atoms with Crippen molar-refractivity contribution in [1.29, 1.82) is 0 Å². The van der Waals surface area contributed by atoms with E-state index in [9.17, 15) is 0 Å². The summed E-state index contributed by atoms with van der Waals surface area (Å²) in [6.45, 7) is 3.93. The molecule has 0 aliphatic carbocycles. The largest absolute Gasteiger partial charge is 0.488 e. The molecule has 4 nitrogen and oxygen atoms in total. The third-order valence-electron chi connectivity index (χ3n) is 3.41. The Labute approximate surface area is 130 Å². The van der Waals surface area contributed by atoms with Gasteiger partial charge in [-0.2, -0.15) is 0 Å². The fraction of sp³-hybridized carbons (Fsp3) is 0.647. The molecule has 0 fully saturated rings. The van der Waals surface area contributed by atoms with E-state index in [1.54, 1.807) is 0 Å². The number of likely N-dealkylation sites (N-methyl/N-ethyl adjacent to an activating group) is 3. The number of anilines is 1. The molecule has 0 spiro atoms. The zero-order valence-corrected chi connectivity index (χ0v) is 14.9. The van der Waals surface area contributed by atoms with E-state index >= 15 is 0 Å². The third kappa shape index (κ3) is 7.93. The monoisotopic (exact) mass is 295 g/mol. The lowest BCUT2D eigenvalue weighted by Gasteiger charge is -2.28. The van der Waals surface area contributed by atoms with Crippen LogP contribution in [0.3, 0.4) is 0 Å². The Morgan fingerprint density at radius 1 is 0.857 bits per heavy atom. The molecule has 0 unspecified atom stereocenters. The van der Waals surface area contributed by atoms with Gasteiger partial charge in [0.15, 0.2) is 0 Å². The lowest BCUT2D eigenvalue weighted by Crippen LogP contribution is -2.41. The van der Waals surface area contributed by atoms with Crippen molar-refractivity contribution in [3.05, 3.63) is 24.3 Å². The van der Waals surface area contributed by atoms with Crippen LogP contribution in [-0.4, -0.2) is 84.5 Å². The summed E-state index contributed by atoms with van der Waals surface area (Å²) in [5, 5.41) is 0. The van der Waals surface area contributed by atoms with Crippen LogP contribution in [0.4, 0.5) is 5.69 Å². The van der Waals surface area contributed by atoms with Crippen LogP contribution >= 0.6 is 0 Å². The van der Waals surface area contributed by atoms with E-state index in [0.717, 1.165) is 41.0 Å². The smallest absolute Gasteiger partial charge is 0.137 e. The average molecular weight is 295 g/mol. The summed E-state index contributed by atoms with van der Waals surface area (Å²) in [6.07, 6.45) is 0. The van der Waals surface area contributed by atoms with Crippen molar-refractivity contribution in [1.82, 2.24) is 0 Å². The molecule has 0 aliphatic heterocycles. The second kappa shape index (κ2) is 7.14. The molecular weight excluding hydrogens is 262 g/mol. The first kappa shape index (κ1) is 17.8. The maximum absolute atomic E-state index is 5.79. The van der Waals surface area contributed by atoms with Crippen molar-refractivity contribution >= 4 is 5.69 Å². The molecule has 0 N–H and O–H groups in total. The van der Waals surface area contributed by atoms with Crippen LogP contribution < -0.4 is 9.64 Å². The van der Waals surface area contributed by atoms with Crippen LogP contribution in [-0.2, 0) is 0 Å². The van der Waals surface area contributed by atoms with E-state index in [-0.39, 0.29) is 0 Å². The van der Waals surface area contributed by atoms with Gasteiger partial charge in [-0.25, -0.2) is 0 Å². The zero-order chi connectivity index (χ0) is 16.1. The minimum absolute atomic E-state index is 0.750. The summed E-state index contributed by atoms with van der Waals surface area (Å²) in [5.41, 5.74) is 1.24. The van der Waals surface area contributed by atoms with Crippen molar-refractivity contribution < 1.29 is 13.7 Å². The highest BCUT2D eigenvalue weighted by Gasteiger charge is 2.10. The molecule has 1 aromatic rings. The second-order valence-corrected chi connectivity index (χ2v) is 7.79. The highest BCUT2D eigenvalue weighted by atomic mass is 16.5. The number of ether oxygens (including phenoxy) is 1. The van der Waals surface area contributed by atoms with E-state index in [1.165, 1.54) is 5.69 Å². The van der Waals surface area contributed by atoms with Crippen molar-refractivity contribution in [3.8, 4) is 5.75 Å². The van der Waals surface area contributed by atoms with Gasteiger partial charge in [-0.3, -0.25) is 0 Å². The van der Waals surface area contributed by atoms with Gasteiger partial charge >= 0.3 is 0 Å². The third-order valence-corrected chi connectivity index (χ3v) is 3.41. The van der Waals surface area contributed by atoms with Crippen LogP contribution in [0.15, 0.2) is 24.3 Å². The van der Waals surface area contributed by atoms with Crippen molar-refractivity contribution in [2.24, 2.45) is 0 Å². The van der Waals surface area contributed by atoms with Gasteiger partial charge in [-0.15, -0.1) is 0 Å². The summed E-state index contributed by atoms with van der Waals surface area (Å²) >= 11 is 0. The van der Waals surface area contributed by atoms with E-state index < -0.39 is 0 Å². The lowest BCUT2D eigenvalue weighted by atomic mass is 10.2. The van der Waals surface area contributed by atoms with Gasteiger partial charge in [0.1, 0.15) is 18.9 Å². The quantitative estimate of drug-likeness (QED) is 0.679. The number of benzene rings is 1. The second-order valence-electron chi connectivity index (χ2n) is 7.79. The predicted octanol–water partition coefficient (Wildman–Crippen LogP) is 1.91. The molecule has 1 aromatic carbocycles. The minimum atomic E-state index is 0.750. The molecule has 0 atom stereocenters. The molecule has 0 aliphatic rings. The number of quaternary nitrogens is 2. The zero-order valence-electron chi connectivity index (χ0n) is 14.9. The number of rotatable bonds is 8. The average Bonchev–Trinajstić information content (AvgIpc) is 2.34. The van der Waals surface area contributed by atoms with E-state index in [2.05, 4.69) is 78.5 Å². The Bertz CT molecular complexity index is 415. The maximum Gasteiger partial charge on any atom is 0.137 e. The molecule has 0 radical (unpaired) electrons. The summed E-state index contributed by atoms with van der Waals surface area (Å²) in [7, 11) is 15.3. The van der Waals surface area contributed by atoms with Crippen LogP contribution in [0.2, 0.25) is 0 Å². The molecule has 1 rings (SSSR count). The molecule has 21 heavy (non-hydrogen) atoms. The highest BCUT2D eigenvalue weighted by molar-refractivity contribution is 5.48. The predicted molar refractivity (Wildman–Crippen MR) is 91.0 cm³/mol. The summed E-state index contributed by atoms with van der Waals surface area (Å²) < 4.78 is 7.70. The number of hydrogen-bond acceptors (Lipinski definition) is 2. The Morgan fingerprint density at radius 3 is 1.86 bits per heavy atom. The fourth-order valence-electron chi connectivity index (χ4n) is 1.81. The first-order valence-corrected chi connectivity index (χ1v) is 7.62. The first-order valence-electron chi connectivity index (χ1n) is 7.62. The SMILES string of the molecule is CN(CC[N+](C)(C)C)c1ccc(OCC[N+](C)(C)C)cc1. The molecule has 0 bridgehead atoms. The van der Waals surface area contributed by atoms with Gasteiger partial charge in [-0.05, 0) is 24.3 Å². The van der Waals surface area contributed by atoms with Crippen LogP contribution in [0, 0.1) is 0 Å². The fourth-order valence-corrected chi connectivity index (χ4v) is 1.81. The number of nitrogens with zero attached hydrogens (tertiary/aromatic N) is 3. The molecule has 120 valence electrons. The normalized spacial score (nSPS) is 12.3. The van der Waals surface area contributed by atoms with Crippen molar-refractivity contribution in [2.45, 2.75) is 0 Å². The summed E-state index contributed by atoms with van der Waals surface area (Å²) in [6, 6.07) is 8.40. The van der Waals surface area contributed by atoms with Gasteiger partial charge < -0.3 is 18.6 Å². The summed E-state index contributed by atoms with van der Waals surface area (Å²) in [5.74, 6) is 0.951. The van der Waals surface area contributed by atoms with Gasteiger partial charge in [0.05, 0.1) is 55.4 Å². The van der Waals surface area contributed by atoms with E-state index in [0.29, 0.717) is 0 Å². The molecule has 0 aromatic heterocycles. The topological polar surface area (TPSA) is 12.5 Å². The first-order chi connectivity index (χ1) is 9.57. The van der Waals surface area contributed by atoms with Crippen LogP contribution in [0.1, 0.15) is 0 Å². The van der Waals surface area contributed by atoms with Gasteiger partial charge in [-0.1, -0.05) is 0 Å².